The number of halogens is 2. The zero-order valence-electron chi connectivity index (χ0n) is 10.2. The van der Waals surface area contributed by atoms with E-state index in [9.17, 15) is 0 Å². The maximum absolute atomic E-state index is 5.63. The first-order valence-corrected chi connectivity index (χ1v) is 7.59. The van der Waals surface area contributed by atoms with Gasteiger partial charge in [-0.25, -0.2) is 0 Å². The number of nitrogens with one attached hydrogen (secondary N) is 1. The third kappa shape index (κ3) is 3.55. The van der Waals surface area contributed by atoms with Crippen LogP contribution in [0, 0.1) is 6.92 Å². The molecule has 0 saturated carbocycles. The fraction of sp³-hybridized carbons (Fsp3) is 0.0714. The summed E-state index contributed by atoms with van der Waals surface area (Å²) in [6.45, 7) is 2.06. The molecule has 0 fully saturated rings. The second-order valence-corrected chi connectivity index (χ2v) is 6.30. The molecule has 0 bridgehead atoms. The van der Waals surface area contributed by atoms with Crippen molar-refractivity contribution in [1.82, 2.24) is 0 Å². The van der Waals surface area contributed by atoms with Gasteiger partial charge in [-0.3, -0.25) is 0 Å². The maximum Gasteiger partial charge on any atom is 0.105 e. The Morgan fingerprint density at radius 2 is 1.63 bits per heavy atom. The van der Waals surface area contributed by atoms with Crippen molar-refractivity contribution in [3.63, 3.8) is 0 Å². The largest absolute Gasteiger partial charge is 0.389 e. The lowest BCUT2D eigenvalue weighted by Crippen LogP contribution is -2.10. The molecule has 0 aliphatic heterocycles. The van der Waals surface area contributed by atoms with Gasteiger partial charge >= 0.3 is 0 Å². The Balaban J connectivity index is 2.26. The molecule has 0 unspecified atom stereocenters. The van der Waals surface area contributed by atoms with Gasteiger partial charge in [0.05, 0.1) is 0 Å². The lowest BCUT2D eigenvalue weighted by Gasteiger charge is -2.10. The van der Waals surface area contributed by atoms with E-state index in [4.69, 9.17) is 18.0 Å². The number of aryl methyl sites for hydroxylation is 1. The van der Waals surface area contributed by atoms with Crippen molar-refractivity contribution in [2.24, 2.45) is 5.73 Å². The number of hydrogen-bond acceptors (Lipinski definition) is 2. The van der Waals surface area contributed by atoms with Gasteiger partial charge < -0.3 is 11.1 Å². The minimum absolute atomic E-state index is 0.386. The highest BCUT2D eigenvalue weighted by atomic mass is 79.9. The van der Waals surface area contributed by atoms with Crippen LogP contribution in [0.2, 0.25) is 0 Å². The minimum atomic E-state index is 0.386. The lowest BCUT2D eigenvalue weighted by molar-refractivity contribution is 1.41. The van der Waals surface area contributed by atoms with E-state index in [1.54, 1.807) is 0 Å². The summed E-state index contributed by atoms with van der Waals surface area (Å²) >= 11 is 12.0. The van der Waals surface area contributed by atoms with Crippen molar-refractivity contribution < 1.29 is 0 Å². The molecule has 2 aromatic rings. The first-order valence-electron chi connectivity index (χ1n) is 5.60. The highest BCUT2D eigenvalue weighted by Crippen LogP contribution is 2.26. The van der Waals surface area contributed by atoms with Gasteiger partial charge in [-0.2, -0.15) is 0 Å². The van der Waals surface area contributed by atoms with E-state index in [1.165, 1.54) is 5.56 Å². The second kappa shape index (κ2) is 6.03. The average molecular weight is 400 g/mol. The van der Waals surface area contributed by atoms with Crippen LogP contribution in [0.5, 0.6) is 0 Å². The van der Waals surface area contributed by atoms with Gasteiger partial charge in [-0.05, 0) is 58.7 Å². The highest BCUT2D eigenvalue weighted by molar-refractivity contribution is 9.10. The molecule has 0 aromatic heterocycles. The molecule has 2 nitrogen and oxygen atoms in total. The number of benzene rings is 2. The summed E-state index contributed by atoms with van der Waals surface area (Å²) in [5.41, 5.74) is 9.67. The Morgan fingerprint density at radius 3 is 2.16 bits per heavy atom. The SMILES string of the molecule is Cc1ccc(Nc2ccc(C(N)=S)c(Br)c2)cc1Br. The van der Waals surface area contributed by atoms with Crippen molar-refractivity contribution in [3.05, 3.63) is 56.5 Å². The molecule has 0 spiro atoms. The number of rotatable bonds is 3. The first kappa shape index (κ1) is 14.5. The van der Waals surface area contributed by atoms with Crippen molar-refractivity contribution in [1.29, 1.82) is 0 Å². The van der Waals surface area contributed by atoms with E-state index in [0.29, 0.717) is 4.99 Å². The molecule has 98 valence electrons. The van der Waals surface area contributed by atoms with Crippen LogP contribution >= 0.6 is 44.1 Å². The summed E-state index contributed by atoms with van der Waals surface area (Å²) in [6.07, 6.45) is 0. The number of nitrogens with two attached hydrogens (primary N) is 1. The summed E-state index contributed by atoms with van der Waals surface area (Å²) in [7, 11) is 0. The molecule has 5 heteroatoms. The van der Waals surface area contributed by atoms with Crippen LogP contribution in [0.25, 0.3) is 0 Å². The smallest absolute Gasteiger partial charge is 0.105 e. The van der Waals surface area contributed by atoms with Gasteiger partial charge in [-0.1, -0.05) is 34.2 Å². The monoisotopic (exact) mass is 398 g/mol. The van der Waals surface area contributed by atoms with Crippen LogP contribution in [0.15, 0.2) is 45.3 Å². The predicted molar refractivity (Wildman–Crippen MR) is 92.2 cm³/mol. The second-order valence-electron chi connectivity index (χ2n) is 4.15. The summed E-state index contributed by atoms with van der Waals surface area (Å²) < 4.78 is 1.97. The molecule has 0 aliphatic carbocycles. The van der Waals surface area contributed by atoms with E-state index < -0.39 is 0 Å². The third-order valence-corrected chi connectivity index (χ3v) is 4.43. The quantitative estimate of drug-likeness (QED) is 0.721. The lowest BCUT2D eigenvalue weighted by atomic mass is 10.2. The van der Waals surface area contributed by atoms with Gasteiger partial charge in [0, 0.05) is 25.9 Å². The van der Waals surface area contributed by atoms with E-state index in [2.05, 4.69) is 50.2 Å². The fourth-order valence-corrected chi connectivity index (χ4v) is 2.91. The van der Waals surface area contributed by atoms with Gasteiger partial charge in [0.2, 0.25) is 0 Å². The van der Waals surface area contributed by atoms with Crippen LogP contribution in [0.1, 0.15) is 11.1 Å². The molecule has 2 rings (SSSR count). The van der Waals surface area contributed by atoms with Crippen molar-refractivity contribution in [3.8, 4) is 0 Å². The van der Waals surface area contributed by atoms with E-state index >= 15 is 0 Å². The van der Waals surface area contributed by atoms with Crippen LogP contribution < -0.4 is 11.1 Å². The molecule has 0 atom stereocenters. The zero-order valence-corrected chi connectivity index (χ0v) is 14.2. The standard InChI is InChI=1S/C14H12Br2N2S/c1-8-2-3-9(6-12(8)15)18-10-4-5-11(14(17)19)13(16)7-10/h2-7,18H,1H3,(H2,17,19). The zero-order chi connectivity index (χ0) is 14.0. The summed E-state index contributed by atoms with van der Waals surface area (Å²) in [5, 5.41) is 3.33. The molecule has 19 heavy (non-hydrogen) atoms. The Labute approximate surface area is 134 Å². The van der Waals surface area contributed by atoms with Crippen LogP contribution in [-0.4, -0.2) is 4.99 Å². The molecule has 2 aromatic carbocycles. The number of thiocarbonyl (C=S) groups is 1. The summed E-state index contributed by atoms with van der Waals surface area (Å²) in [4.78, 5) is 0.386. The minimum Gasteiger partial charge on any atom is -0.389 e. The van der Waals surface area contributed by atoms with Gasteiger partial charge in [0.1, 0.15) is 4.99 Å². The molecule has 0 aliphatic rings. The molecular formula is C14H12Br2N2S. The van der Waals surface area contributed by atoms with Crippen molar-refractivity contribution >= 4 is 60.4 Å². The molecule has 0 saturated heterocycles. The average Bonchev–Trinajstić information content (AvgIpc) is 2.33. The van der Waals surface area contributed by atoms with E-state index in [0.717, 1.165) is 25.9 Å². The molecule has 0 amide bonds. The Kier molecular flexibility index (Phi) is 4.60. The molecule has 0 radical (unpaired) electrons. The van der Waals surface area contributed by atoms with Gasteiger partial charge in [-0.15, -0.1) is 0 Å². The topological polar surface area (TPSA) is 38.0 Å². The first-order chi connectivity index (χ1) is 8.97. The summed E-state index contributed by atoms with van der Waals surface area (Å²) in [6, 6.07) is 12.0. The Hall–Kier alpha value is -0.910. The molecule has 3 N–H and O–H groups in total. The number of hydrogen-bond donors (Lipinski definition) is 2. The van der Waals surface area contributed by atoms with Gasteiger partial charge in [0.25, 0.3) is 0 Å². The third-order valence-electron chi connectivity index (χ3n) is 2.70. The van der Waals surface area contributed by atoms with Crippen molar-refractivity contribution in [2.75, 3.05) is 5.32 Å². The molecule has 0 heterocycles. The van der Waals surface area contributed by atoms with E-state index in [-0.39, 0.29) is 0 Å². The maximum atomic E-state index is 5.63. The number of anilines is 2. The van der Waals surface area contributed by atoms with Gasteiger partial charge in [0.15, 0.2) is 0 Å². The summed E-state index contributed by atoms with van der Waals surface area (Å²) in [5.74, 6) is 0. The van der Waals surface area contributed by atoms with Crippen LogP contribution in [-0.2, 0) is 0 Å². The fourth-order valence-electron chi connectivity index (χ4n) is 1.63. The predicted octanol–water partition coefficient (Wildman–Crippen LogP) is 4.90. The van der Waals surface area contributed by atoms with Crippen LogP contribution in [0.3, 0.4) is 0 Å². The highest BCUT2D eigenvalue weighted by Gasteiger charge is 2.04. The normalized spacial score (nSPS) is 10.3. The van der Waals surface area contributed by atoms with Crippen LogP contribution in [0.4, 0.5) is 11.4 Å². The Bertz CT molecular complexity index is 641. The Morgan fingerprint density at radius 1 is 1.05 bits per heavy atom. The van der Waals surface area contributed by atoms with E-state index in [1.807, 2.05) is 30.3 Å². The molecular weight excluding hydrogens is 388 g/mol. The van der Waals surface area contributed by atoms with Crippen molar-refractivity contribution in [2.45, 2.75) is 6.92 Å².